The standard InChI is InChI=1S/C15H22N2O/c1-11-8-9-17(12(11)2)15(18)14(16)10-13-6-4-3-5-7-13/h3-7,11-12,14H,8-10,16H2,1-2H3/t11?,12?,14-/m0/s1. The van der Waals surface area contributed by atoms with Crippen molar-refractivity contribution in [1.29, 1.82) is 0 Å². The van der Waals surface area contributed by atoms with Crippen LogP contribution in [-0.4, -0.2) is 29.4 Å². The van der Waals surface area contributed by atoms with Crippen LogP contribution in [0.3, 0.4) is 0 Å². The zero-order chi connectivity index (χ0) is 13.1. The molecular weight excluding hydrogens is 224 g/mol. The van der Waals surface area contributed by atoms with Crippen LogP contribution < -0.4 is 5.73 Å². The third-order valence-electron chi connectivity index (χ3n) is 4.04. The maximum atomic E-state index is 12.3. The van der Waals surface area contributed by atoms with Gasteiger partial charge < -0.3 is 10.6 Å². The minimum atomic E-state index is -0.417. The van der Waals surface area contributed by atoms with Crippen LogP contribution in [-0.2, 0) is 11.2 Å². The van der Waals surface area contributed by atoms with E-state index in [9.17, 15) is 4.79 Å². The fourth-order valence-corrected chi connectivity index (χ4v) is 2.57. The summed E-state index contributed by atoms with van der Waals surface area (Å²) in [6, 6.07) is 9.87. The summed E-state index contributed by atoms with van der Waals surface area (Å²) >= 11 is 0. The Kier molecular flexibility index (Phi) is 4.02. The molecule has 2 unspecified atom stereocenters. The number of amides is 1. The summed E-state index contributed by atoms with van der Waals surface area (Å²) in [5, 5.41) is 0. The van der Waals surface area contributed by atoms with Crippen LogP contribution in [0.1, 0.15) is 25.8 Å². The molecule has 0 aromatic heterocycles. The van der Waals surface area contributed by atoms with Gasteiger partial charge in [0.15, 0.2) is 0 Å². The van der Waals surface area contributed by atoms with Crippen LogP contribution in [0.5, 0.6) is 0 Å². The number of hydrogen-bond donors (Lipinski definition) is 1. The van der Waals surface area contributed by atoms with Crippen molar-refractivity contribution >= 4 is 5.91 Å². The molecule has 1 amide bonds. The molecule has 1 heterocycles. The van der Waals surface area contributed by atoms with Crippen molar-refractivity contribution in [2.45, 2.75) is 38.8 Å². The Hall–Kier alpha value is -1.35. The van der Waals surface area contributed by atoms with E-state index in [1.807, 2.05) is 35.2 Å². The van der Waals surface area contributed by atoms with Crippen molar-refractivity contribution in [3.05, 3.63) is 35.9 Å². The van der Waals surface area contributed by atoms with E-state index in [-0.39, 0.29) is 5.91 Å². The van der Waals surface area contributed by atoms with Gasteiger partial charge in [-0.2, -0.15) is 0 Å². The van der Waals surface area contributed by atoms with E-state index in [0.717, 1.165) is 18.5 Å². The zero-order valence-corrected chi connectivity index (χ0v) is 11.2. The molecule has 0 radical (unpaired) electrons. The van der Waals surface area contributed by atoms with Gasteiger partial charge in [-0.1, -0.05) is 37.3 Å². The minimum absolute atomic E-state index is 0.0932. The average Bonchev–Trinajstić information content (AvgIpc) is 2.70. The number of benzene rings is 1. The van der Waals surface area contributed by atoms with Crippen molar-refractivity contribution in [2.75, 3.05) is 6.54 Å². The molecule has 0 bridgehead atoms. The van der Waals surface area contributed by atoms with Crippen LogP contribution in [0.4, 0.5) is 0 Å². The molecule has 1 aromatic carbocycles. The SMILES string of the molecule is CC1CCN(C(=O)[C@@H](N)Cc2ccccc2)C1C. The maximum absolute atomic E-state index is 12.3. The molecule has 0 saturated carbocycles. The molecule has 98 valence electrons. The lowest BCUT2D eigenvalue weighted by atomic mass is 10.0. The zero-order valence-electron chi connectivity index (χ0n) is 11.2. The Morgan fingerprint density at radius 2 is 2.06 bits per heavy atom. The highest BCUT2D eigenvalue weighted by Crippen LogP contribution is 2.24. The largest absolute Gasteiger partial charge is 0.338 e. The number of carbonyl (C=O) groups excluding carboxylic acids is 1. The molecule has 0 aliphatic carbocycles. The normalized spacial score (nSPS) is 25.2. The summed E-state index contributed by atoms with van der Waals surface area (Å²) < 4.78 is 0. The lowest BCUT2D eigenvalue weighted by Crippen LogP contribution is -2.46. The Balaban J connectivity index is 1.97. The maximum Gasteiger partial charge on any atom is 0.240 e. The number of likely N-dealkylation sites (tertiary alicyclic amines) is 1. The lowest BCUT2D eigenvalue weighted by Gasteiger charge is -2.26. The van der Waals surface area contributed by atoms with E-state index in [1.165, 1.54) is 0 Å². The van der Waals surface area contributed by atoms with E-state index in [4.69, 9.17) is 5.73 Å². The first kappa shape index (κ1) is 13.1. The molecule has 3 nitrogen and oxygen atoms in total. The Morgan fingerprint density at radius 1 is 1.39 bits per heavy atom. The molecule has 1 aliphatic heterocycles. The molecule has 2 rings (SSSR count). The molecule has 1 aliphatic rings. The fraction of sp³-hybridized carbons (Fsp3) is 0.533. The highest BCUT2D eigenvalue weighted by Gasteiger charge is 2.33. The average molecular weight is 246 g/mol. The number of nitrogens with two attached hydrogens (primary N) is 1. The van der Waals surface area contributed by atoms with E-state index >= 15 is 0 Å². The van der Waals surface area contributed by atoms with Gasteiger partial charge in [-0.15, -0.1) is 0 Å². The van der Waals surface area contributed by atoms with Gasteiger partial charge >= 0.3 is 0 Å². The summed E-state index contributed by atoms with van der Waals surface area (Å²) in [6.07, 6.45) is 1.71. The molecule has 1 saturated heterocycles. The summed E-state index contributed by atoms with van der Waals surface area (Å²) in [5.41, 5.74) is 7.17. The van der Waals surface area contributed by atoms with Crippen LogP contribution in [0.25, 0.3) is 0 Å². The van der Waals surface area contributed by atoms with E-state index in [0.29, 0.717) is 18.4 Å². The van der Waals surface area contributed by atoms with Crippen LogP contribution >= 0.6 is 0 Å². The topological polar surface area (TPSA) is 46.3 Å². The van der Waals surface area contributed by atoms with Gasteiger partial charge in [0, 0.05) is 12.6 Å². The van der Waals surface area contributed by atoms with Gasteiger partial charge in [0.1, 0.15) is 0 Å². The molecule has 1 aromatic rings. The predicted octanol–water partition coefficient (Wildman–Crippen LogP) is 1.81. The summed E-state index contributed by atoms with van der Waals surface area (Å²) in [4.78, 5) is 14.2. The summed E-state index contributed by atoms with van der Waals surface area (Å²) in [5.74, 6) is 0.675. The summed E-state index contributed by atoms with van der Waals surface area (Å²) in [6.45, 7) is 5.16. The monoisotopic (exact) mass is 246 g/mol. The van der Waals surface area contributed by atoms with E-state index in [2.05, 4.69) is 13.8 Å². The summed E-state index contributed by atoms with van der Waals surface area (Å²) in [7, 11) is 0. The smallest absolute Gasteiger partial charge is 0.240 e. The van der Waals surface area contributed by atoms with E-state index < -0.39 is 6.04 Å². The molecular formula is C15H22N2O. The van der Waals surface area contributed by atoms with E-state index in [1.54, 1.807) is 0 Å². The van der Waals surface area contributed by atoms with Crippen LogP contribution in [0.2, 0.25) is 0 Å². The first-order valence-corrected chi connectivity index (χ1v) is 6.69. The van der Waals surface area contributed by atoms with Gasteiger partial charge in [0.2, 0.25) is 5.91 Å². The molecule has 18 heavy (non-hydrogen) atoms. The highest BCUT2D eigenvalue weighted by molar-refractivity contribution is 5.82. The lowest BCUT2D eigenvalue weighted by molar-refractivity contribution is -0.133. The minimum Gasteiger partial charge on any atom is -0.338 e. The molecule has 0 spiro atoms. The highest BCUT2D eigenvalue weighted by atomic mass is 16.2. The fourth-order valence-electron chi connectivity index (χ4n) is 2.57. The predicted molar refractivity (Wildman–Crippen MR) is 73.1 cm³/mol. The second kappa shape index (κ2) is 5.53. The van der Waals surface area contributed by atoms with Gasteiger partial charge in [-0.3, -0.25) is 4.79 Å². The van der Waals surface area contributed by atoms with Crippen molar-refractivity contribution < 1.29 is 4.79 Å². The first-order chi connectivity index (χ1) is 8.59. The van der Waals surface area contributed by atoms with Gasteiger partial charge in [-0.25, -0.2) is 0 Å². The second-order valence-corrected chi connectivity index (χ2v) is 5.33. The van der Waals surface area contributed by atoms with Crippen LogP contribution in [0.15, 0.2) is 30.3 Å². The first-order valence-electron chi connectivity index (χ1n) is 6.69. The van der Waals surface area contributed by atoms with Crippen molar-refractivity contribution in [3.8, 4) is 0 Å². The van der Waals surface area contributed by atoms with Crippen molar-refractivity contribution in [1.82, 2.24) is 4.90 Å². The number of carbonyl (C=O) groups is 1. The molecule has 3 heteroatoms. The Morgan fingerprint density at radius 3 is 2.61 bits per heavy atom. The Labute approximate surface area is 109 Å². The number of nitrogens with zero attached hydrogens (tertiary/aromatic N) is 1. The number of rotatable bonds is 3. The van der Waals surface area contributed by atoms with Crippen molar-refractivity contribution in [3.63, 3.8) is 0 Å². The van der Waals surface area contributed by atoms with Gasteiger partial charge in [-0.05, 0) is 31.2 Å². The molecule has 3 atom stereocenters. The third-order valence-corrected chi connectivity index (χ3v) is 4.04. The van der Waals surface area contributed by atoms with Gasteiger partial charge in [0.25, 0.3) is 0 Å². The Bertz CT molecular complexity index is 404. The van der Waals surface area contributed by atoms with Crippen LogP contribution in [0, 0.1) is 5.92 Å². The molecule has 2 N–H and O–H groups in total. The molecule has 1 fully saturated rings. The third kappa shape index (κ3) is 2.72. The quantitative estimate of drug-likeness (QED) is 0.884. The van der Waals surface area contributed by atoms with Gasteiger partial charge in [0.05, 0.1) is 6.04 Å². The second-order valence-electron chi connectivity index (χ2n) is 5.33. The van der Waals surface area contributed by atoms with Crippen molar-refractivity contribution in [2.24, 2.45) is 11.7 Å². The number of hydrogen-bond acceptors (Lipinski definition) is 2.